The summed E-state index contributed by atoms with van der Waals surface area (Å²) in [4.78, 5) is 24.4. The molecule has 132 valence electrons. The number of hydrogen-bond donors (Lipinski definition) is 1. The summed E-state index contributed by atoms with van der Waals surface area (Å²) in [6.45, 7) is 5.62. The zero-order chi connectivity index (χ0) is 18.6. The van der Waals surface area contributed by atoms with Crippen LogP contribution in [0.2, 0.25) is 0 Å². The molecule has 2 aromatic rings. The third-order valence-electron chi connectivity index (χ3n) is 3.85. The maximum absolute atomic E-state index is 12.3. The van der Waals surface area contributed by atoms with Crippen LogP contribution < -0.4 is 16.0 Å². The van der Waals surface area contributed by atoms with Crippen LogP contribution >= 0.6 is 0 Å². The zero-order valence-corrected chi connectivity index (χ0v) is 14.5. The standard InChI is InChI=1S/C18H21N3O4/c1-4-20-9-14(8-19)17(23)21(18(20)24)10-15(22)11-25-16-6-5-12(2)7-13(16)3/h5-7,9,15,22H,4,10-11H2,1-3H3. The Morgan fingerprint density at radius 3 is 2.64 bits per heavy atom. The van der Waals surface area contributed by atoms with Gasteiger partial charge in [-0.3, -0.25) is 13.9 Å². The highest BCUT2D eigenvalue weighted by Gasteiger charge is 2.15. The van der Waals surface area contributed by atoms with Gasteiger partial charge in [0.2, 0.25) is 0 Å². The summed E-state index contributed by atoms with van der Waals surface area (Å²) in [5, 5.41) is 19.2. The third-order valence-corrected chi connectivity index (χ3v) is 3.85. The van der Waals surface area contributed by atoms with E-state index in [2.05, 4.69) is 0 Å². The molecule has 0 radical (unpaired) electrons. The number of aryl methyl sites for hydroxylation is 3. The number of aliphatic hydroxyl groups excluding tert-OH is 1. The lowest BCUT2D eigenvalue weighted by molar-refractivity contribution is 0.0896. The fourth-order valence-corrected chi connectivity index (χ4v) is 2.53. The van der Waals surface area contributed by atoms with Crippen LogP contribution in [0.1, 0.15) is 23.6 Å². The molecule has 1 heterocycles. The summed E-state index contributed by atoms with van der Waals surface area (Å²) in [6, 6.07) is 7.44. The van der Waals surface area contributed by atoms with Gasteiger partial charge in [0.05, 0.1) is 6.54 Å². The number of aromatic nitrogens is 2. The second-order valence-electron chi connectivity index (χ2n) is 5.87. The third kappa shape index (κ3) is 4.17. The van der Waals surface area contributed by atoms with Gasteiger partial charge < -0.3 is 9.84 Å². The molecule has 0 aliphatic carbocycles. The molecule has 1 unspecified atom stereocenters. The zero-order valence-electron chi connectivity index (χ0n) is 14.5. The number of nitrogens with zero attached hydrogens (tertiary/aromatic N) is 3. The minimum atomic E-state index is -1.06. The van der Waals surface area contributed by atoms with Gasteiger partial charge in [-0.05, 0) is 32.4 Å². The summed E-state index contributed by atoms with van der Waals surface area (Å²) >= 11 is 0. The summed E-state index contributed by atoms with van der Waals surface area (Å²) in [5.41, 5.74) is 0.637. The molecule has 0 saturated carbocycles. The van der Waals surface area contributed by atoms with Crippen LogP contribution in [0, 0.1) is 25.2 Å². The van der Waals surface area contributed by atoms with Crippen LogP contribution in [0.4, 0.5) is 0 Å². The van der Waals surface area contributed by atoms with Crippen LogP contribution in [0.5, 0.6) is 5.75 Å². The smallest absolute Gasteiger partial charge is 0.331 e. The molecule has 0 aliphatic heterocycles. The average Bonchev–Trinajstić information content (AvgIpc) is 2.58. The molecule has 1 atom stereocenters. The van der Waals surface area contributed by atoms with Gasteiger partial charge in [0.1, 0.15) is 30.1 Å². The van der Waals surface area contributed by atoms with E-state index in [0.717, 1.165) is 15.7 Å². The highest BCUT2D eigenvalue weighted by Crippen LogP contribution is 2.18. The van der Waals surface area contributed by atoms with E-state index in [0.29, 0.717) is 12.3 Å². The van der Waals surface area contributed by atoms with Crippen molar-refractivity contribution in [3.8, 4) is 11.8 Å². The van der Waals surface area contributed by atoms with E-state index in [1.165, 1.54) is 10.8 Å². The lowest BCUT2D eigenvalue weighted by Crippen LogP contribution is -2.44. The number of hydrogen-bond acceptors (Lipinski definition) is 5. The van der Waals surface area contributed by atoms with Gasteiger partial charge in [-0.2, -0.15) is 5.26 Å². The number of benzene rings is 1. The quantitative estimate of drug-likeness (QED) is 0.842. The Hall–Kier alpha value is -2.85. The molecule has 7 heteroatoms. The minimum absolute atomic E-state index is 0.0707. The Morgan fingerprint density at radius 2 is 2.04 bits per heavy atom. The van der Waals surface area contributed by atoms with Crippen LogP contribution in [0.3, 0.4) is 0 Å². The first-order chi connectivity index (χ1) is 11.9. The van der Waals surface area contributed by atoms with Crippen LogP contribution in [-0.2, 0) is 13.1 Å². The van der Waals surface area contributed by atoms with Gasteiger partial charge in [-0.1, -0.05) is 17.7 Å². The molecule has 2 rings (SSSR count). The Morgan fingerprint density at radius 1 is 1.32 bits per heavy atom. The summed E-state index contributed by atoms with van der Waals surface area (Å²) in [7, 11) is 0. The van der Waals surface area contributed by atoms with Crippen molar-refractivity contribution in [2.45, 2.75) is 40.0 Å². The average molecular weight is 343 g/mol. The van der Waals surface area contributed by atoms with Crippen molar-refractivity contribution in [1.29, 1.82) is 5.26 Å². The van der Waals surface area contributed by atoms with Crippen molar-refractivity contribution in [3.05, 3.63) is 61.9 Å². The molecule has 1 N–H and O–H groups in total. The lowest BCUT2D eigenvalue weighted by Gasteiger charge is -2.16. The molecular weight excluding hydrogens is 322 g/mol. The highest BCUT2D eigenvalue weighted by molar-refractivity contribution is 5.35. The highest BCUT2D eigenvalue weighted by atomic mass is 16.5. The van der Waals surface area contributed by atoms with Gasteiger partial charge in [0.25, 0.3) is 5.56 Å². The predicted molar refractivity (Wildman–Crippen MR) is 92.8 cm³/mol. The largest absolute Gasteiger partial charge is 0.491 e. The Bertz CT molecular complexity index is 921. The fraction of sp³-hybridized carbons (Fsp3) is 0.389. The first-order valence-electron chi connectivity index (χ1n) is 7.99. The van der Waals surface area contributed by atoms with E-state index < -0.39 is 17.4 Å². The van der Waals surface area contributed by atoms with Crippen molar-refractivity contribution in [2.24, 2.45) is 0 Å². The van der Waals surface area contributed by atoms with Crippen molar-refractivity contribution in [3.63, 3.8) is 0 Å². The predicted octanol–water partition coefficient (Wildman–Crippen LogP) is 0.958. The molecule has 0 bridgehead atoms. The SMILES string of the molecule is CCn1cc(C#N)c(=O)n(CC(O)COc2ccc(C)cc2C)c1=O. The van der Waals surface area contributed by atoms with Gasteiger partial charge >= 0.3 is 5.69 Å². The molecule has 1 aromatic heterocycles. The molecule has 25 heavy (non-hydrogen) atoms. The van der Waals surface area contributed by atoms with Crippen LogP contribution in [-0.4, -0.2) is 27.0 Å². The first kappa shape index (κ1) is 18.5. The molecule has 1 aromatic carbocycles. The summed E-state index contributed by atoms with van der Waals surface area (Å²) < 4.78 is 7.71. The molecule has 7 nitrogen and oxygen atoms in total. The van der Waals surface area contributed by atoms with E-state index in [-0.39, 0.29) is 18.7 Å². The first-order valence-corrected chi connectivity index (χ1v) is 7.99. The van der Waals surface area contributed by atoms with Crippen molar-refractivity contribution >= 4 is 0 Å². The maximum Gasteiger partial charge on any atom is 0.331 e. The van der Waals surface area contributed by atoms with Gasteiger partial charge in [-0.25, -0.2) is 4.79 Å². The van der Waals surface area contributed by atoms with Crippen LogP contribution in [0.15, 0.2) is 34.0 Å². The van der Waals surface area contributed by atoms with E-state index in [4.69, 9.17) is 10.00 Å². The monoisotopic (exact) mass is 343 g/mol. The second kappa shape index (κ2) is 7.81. The molecule has 0 spiro atoms. The van der Waals surface area contributed by atoms with Crippen molar-refractivity contribution in [2.75, 3.05) is 6.61 Å². The van der Waals surface area contributed by atoms with Gasteiger partial charge in [0.15, 0.2) is 0 Å². The lowest BCUT2D eigenvalue weighted by atomic mass is 10.1. The number of nitriles is 1. The normalized spacial score (nSPS) is 11.8. The van der Waals surface area contributed by atoms with Gasteiger partial charge in [0, 0.05) is 12.7 Å². The van der Waals surface area contributed by atoms with E-state index in [9.17, 15) is 14.7 Å². The van der Waals surface area contributed by atoms with Crippen molar-refractivity contribution in [1.82, 2.24) is 9.13 Å². The molecule has 0 fully saturated rings. The van der Waals surface area contributed by atoms with Gasteiger partial charge in [-0.15, -0.1) is 0 Å². The molecule has 0 saturated heterocycles. The fourth-order valence-electron chi connectivity index (χ4n) is 2.53. The number of aliphatic hydroxyl groups is 1. The summed E-state index contributed by atoms with van der Waals surface area (Å²) in [5.74, 6) is 0.633. The maximum atomic E-state index is 12.3. The Balaban J connectivity index is 2.18. The molecule has 0 amide bonds. The Kier molecular flexibility index (Phi) is 5.78. The van der Waals surface area contributed by atoms with Crippen molar-refractivity contribution < 1.29 is 9.84 Å². The van der Waals surface area contributed by atoms with E-state index in [1.54, 1.807) is 13.0 Å². The van der Waals surface area contributed by atoms with E-state index >= 15 is 0 Å². The van der Waals surface area contributed by atoms with E-state index in [1.807, 2.05) is 32.0 Å². The number of rotatable bonds is 6. The summed E-state index contributed by atoms with van der Waals surface area (Å²) in [6.07, 6.45) is 0.171. The molecule has 0 aliphatic rings. The topological polar surface area (TPSA) is 97.2 Å². The molecular formula is C18H21N3O4. The Labute approximate surface area is 145 Å². The second-order valence-corrected chi connectivity index (χ2v) is 5.87. The minimum Gasteiger partial charge on any atom is -0.491 e. The van der Waals surface area contributed by atoms with Crippen LogP contribution in [0.25, 0.3) is 0 Å². The number of ether oxygens (including phenoxy) is 1.